The molecule has 0 aromatic heterocycles. The maximum Gasteiger partial charge on any atom is 0.416 e. The average molecular weight is 445 g/mol. The number of rotatable bonds is 6. The monoisotopic (exact) mass is 445 g/mol. The summed E-state index contributed by atoms with van der Waals surface area (Å²) in [6.07, 6.45) is -4.55. The average Bonchev–Trinajstić information content (AvgIpc) is 3.08. The van der Waals surface area contributed by atoms with Gasteiger partial charge in [0.1, 0.15) is 5.25 Å². The minimum absolute atomic E-state index is 0.128. The van der Waals surface area contributed by atoms with Gasteiger partial charge < -0.3 is 0 Å². The van der Waals surface area contributed by atoms with E-state index in [2.05, 4.69) is 4.72 Å². The fourth-order valence-electron chi connectivity index (χ4n) is 3.30. The van der Waals surface area contributed by atoms with Crippen molar-refractivity contribution in [3.05, 3.63) is 75.3 Å². The number of hydrogen-bond acceptors (Lipinski definition) is 6. The number of nitro benzene ring substituents is 1. The molecule has 0 bridgehead atoms. The lowest BCUT2D eigenvalue weighted by Gasteiger charge is -2.23. The van der Waals surface area contributed by atoms with Crippen molar-refractivity contribution in [2.75, 3.05) is 13.7 Å². The number of halogens is 3. The first-order valence-corrected chi connectivity index (χ1v) is 10.3. The molecule has 1 aliphatic rings. The van der Waals surface area contributed by atoms with Gasteiger partial charge >= 0.3 is 6.18 Å². The van der Waals surface area contributed by atoms with Crippen LogP contribution in [-0.4, -0.2) is 37.3 Å². The van der Waals surface area contributed by atoms with E-state index in [4.69, 9.17) is 4.84 Å². The Bertz CT molecular complexity index is 1050. The number of nitro groups is 1. The maximum absolute atomic E-state index is 12.9. The summed E-state index contributed by atoms with van der Waals surface area (Å²) in [5, 5.41) is 11.4. The van der Waals surface area contributed by atoms with Gasteiger partial charge in [0.25, 0.3) is 5.69 Å². The van der Waals surface area contributed by atoms with Crippen LogP contribution >= 0.6 is 0 Å². The van der Waals surface area contributed by atoms with Gasteiger partial charge in [0, 0.05) is 19.7 Å². The fourth-order valence-corrected chi connectivity index (χ4v) is 4.78. The van der Waals surface area contributed by atoms with E-state index >= 15 is 0 Å². The molecular formula is C18H18F3N3O5S. The van der Waals surface area contributed by atoms with Crippen LogP contribution in [0.15, 0.2) is 48.5 Å². The number of alkyl halides is 3. The lowest BCUT2D eigenvalue weighted by Crippen LogP contribution is -2.39. The number of hydrogen-bond donors (Lipinski definition) is 1. The molecule has 1 saturated heterocycles. The zero-order chi connectivity index (χ0) is 22.1. The Morgan fingerprint density at radius 3 is 2.60 bits per heavy atom. The Morgan fingerprint density at radius 1 is 1.23 bits per heavy atom. The zero-order valence-electron chi connectivity index (χ0n) is 15.7. The summed E-state index contributed by atoms with van der Waals surface area (Å²) < 4.78 is 66.6. The molecule has 0 saturated carbocycles. The highest BCUT2D eigenvalue weighted by Crippen LogP contribution is 2.37. The molecule has 2 atom stereocenters. The summed E-state index contributed by atoms with van der Waals surface area (Å²) in [6.45, 7) is -0.624. The second-order valence-corrected chi connectivity index (χ2v) is 8.69. The predicted octanol–water partition coefficient (Wildman–Crippen LogP) is 3.02. The molecule has 8 nitrogen and oxygen atoms in total. The zero-order valence-corrected chi connectivity index (χ0v) is 16.5. The molecule has 0 aliphatic carbocycles. The molecule has 1 aliphatic heterocycles. The molecule has 2 aromatic carbocycles. The van der Waals surface area contributed by atoms with Crippen molar-refractivity contribution in [2.45, 2.75) is 24.0 Å². The first-order valence-electron chi connectivity index (χ1n) is 8.74. The quantitative estimate of drug-likeness (QED) is 0.542. The van der Waals surface area contributed by atoms with E-state index in [1.807, 2.05) is 0 Å². The van der Waals surface area contributed by atoms with Gasteiger partial charge in [-0.3, -0.25) is 15.0 Å². The number of sulfonamides is 1. The molecule has 30 heavy (non-hydrogen) atoms. The first kappa shape index (κ1) is 22.2. The van der Waals surface area contributed by atoms with Crippen LogP contribution in [-0.2, 0) is 27.6 Å². The van der Waals surface area contributed by atoms with Gasteiger partial charge in [-0.05, 0) is 11.6 Å². The molecule has 0 amide bonds. The Balaban J connectivity index is 1.84. The largest absolute Gasteiger partial charge is 0.416 e. The summed E-state index contributed by atoms with van der Waals surface area (Å²) >= 11 is 0. The minimum Gasteiger partial charge on any atom is -0.297 e. The maximum atomic E-state index is 12.9. The molecule has 1 N–H and O–H groups in total. The summed E-state index contributed by atoms with van der Waals surface area (Å²) in [5.74, 6) is 0. The SMILES string of the molecule is CN1OCC(S(=O)(=O)NCc2cccc(C(F)(F)F)c2)C1c1ccccc1[N+](=O)[O-]. The van der Waals surface area contributed by atoms with Gasteiger partial charge in [0.15, 0.2) is 0 Å². The second kappa shape index (κ2) is 8.30. The van der Waals surface area contributed by atoms with E-state index in [0.29, 0.717) is 0 Å². The lowest BCUT2D eigenvalue weighted by molar-refractivity contribution is -0.386. The van der Waals surface area contributed by atoms with E-state index < -0.39 is 38.0 Å². The summed E-state index contributed by atoms with van der Waals surface area (Å²) in [5.41, 5.74) is -0.848. The normalized spacial score (nSPS) is 20.4. The van der Waals surface area contributed by atoms with E-state index in [1.54, 1.807) is 6.07 Å². The minimum atomic E-state index is -4.55. The molecule has 1 fully saturated rings. The van der Waals surface area contributed by atoms with Gasteiger partial charge in [-0.25, -0.2) is 13.1 Å². The molecule has 0 spiro atoms. The molecule has 3 rings (SSSR count). The van der Waals surface area contributed by atoms with Crippen LogP contribution < -0.4 is 4.72 Å². The molecule has 2 unspecified atom stereocenters. The highest BCUT2D eigenvalue weighted by molar-refractivity contribution is 7.90. The summed E-state index contributed by atoms with van der Waals surface area (Å²) in [6, 6.07) is 9.07. The fraction of sp³-hybridized carbons (Fsp3) is 0.333. The Kier molecular flexibility index (Phi) is 6.13. The number of benzene rings is 2. The van der Waals surface area contributed by atoms with Crippen LogP contribution in [0.3, 0.4) is 0 Å². The van der Waals surface area contributed by atoms with Crippen molar-refractivity contribution < 1.29 is 31.3 Å². The smallest absolute Gasteiger partial charge is 0.297 e. The van der Waals surface area contributed by atoms with Crippen molar-refractivity contribution in [3.63, 3.8) is 0 Å². The van der Waals surface area contributed by atoms with E-state index in [0.717, 1.165) is 12.1 Å². The number of hydroxylamine groups is 2. The number of nitrogens with zero attached hydrogens (tertiary/aromatic N) is 2. The van der Waals surface area contributed by atoms with Gasteiger partial charge in [0.05, 0.1) is 28.7 Å². The van der Waals surface area contributed by atoms with E-state index in [9.17, 15) is 31.7 Å². The van der Waals surface area contributed by atoms with Crippen molar-refractivity contribution in [1.82, 2.24) is 9.79 Å². The predicted molar refractivity (Wildman–Crippen MR) is 101 cm³/mol. The summed E-state index contributed by atoms with van der Waals surface area (Å²) in [4.78, 5) is 16.1. The topological polar surface area (TPSA) is 102 Å². The third-order valence-electron chi connectivity index (χ3n) is 4.77. The first-order chi connectivity index (χ1) is 14.0. The molecule has 162 valence electrons. The Hall–Kier alpha value is -2.54. The van der Waals surface area contributed by atoms with Crippen LogP contribution in [0.1, 0.15) is 22.7 Å². The van der Waals surface area contributed by atoms with Crippen molar-refractivity contribution >= 4 is 15.7 Å². The summed E-state index contributed by atoms with van der Waals surface area (Å²) in [7, 11) is -2.64. The highest BCUT2D eigenvalue weighted by Gasteiger charge is 2.45. The third-order valence-corrected chi connectivity index (χ3v) is 6.51. The van der Waals surface area contributed by atoms with Crippen LogP contribution in [0.2, 0.25) is 0 Å². The molecule has 0 radical (unpaired) electrons. The van der Waals surface area contributed by atoms with E-state index in [-0.39, 0.29) is 30.0 Å². The van der Waals surface area contributed by atoms with Crippen molar-refractivity contribution in [3.8, 4) is 0 Å². The van der Waals surface area contributed by atoms with Crippen molar-refractivity contribution in [1.29, 1.82) is 0 Å². The second-order valence-electron chi connectivity index (χ2n) is 6.71. The number of para-hydroxylation sites is 1. The number of nitrogens with one attached hydrogen (secondary N) is 1. The molecule has 2 aromatic rings. The van der Waals surface area contributed by atoms with Crippen LogP contribution in [0, 0.1) is 10.1 Å². The van der Waals surface area contributed by atoms with Gasteiger partial charge in [-0.15, -0.1) is 0 Å². The Labute approximate surface area is 170 Å². The molecule has 1 heterocycles. The van der Waals surface area contributed by atoms with Gasteiger partial charge in [-0.2, -0.15) is 18.2 Å². The van der Waals surface area contributed by atoms with Gasteiger partial charge in [0.2, 0.25) is 10.0 Å². The van der Waals surface area contributed by atoms with Crippen molar-refractivity contribution in [2.24, 2.45) is 0 Å². The molecular weight excluding hydrogens is 427 g/mol. The van der Waals surface area contributed by atoms with Crippen LogP contribution in [0.25, 0.3) is 0 Å². The Morgan fingerprint density at radius 2 is 1.93 bits per heavy atom. The van der Waals surface area contributed by atoms with Crippen LogP contribution in [0.4, 0.5) is 18.9 Å². The van der Waals surface area contributed by atoms with Crippen LogP contribution in [0.5, 0.6) is 0 Å². The molecule has 12 heteroatoms. The highest BCUT2D eigenvalue weighted by atomic mass is 32.2. The van der Waals surface area contributed by atoms with Gasteiger partial charge in [-0.1, -0.05) is 36.4 Å². The van der Waals surface area contributed by atoms with E-state index in [1.165, 1.54) is 42.4 Å². The lowest BCUT2D eigenvalue weighted by atomic mass is 10.0. The standard InChI is InChI=1S/C18H18F3N3O5S/c1-23-17(14-7-2-3-8-15(14)24(25)26)16(11-29-23)30(27,28)22-10-12-5-4-6-13(9-12)18(19,20)21/h2-9,16-17,22H,10-11H2,1H3. The third kappa shape index (κ3) is 4.61.